The van der Waals surface area contributed by atoms with Gasteiger partial charge in [-0.05, 0) is 13.3 Å². The maximum absolute atomic E-state index is 11.9. The van der Waals surface area contributed by atoms with Crippen LogP contribution in [0.2, 0.25) is 0 Å². The van der Waals surface area contributed by atoms with Crippen molar-refractivity contribution in [1.82, 2.24) is 10.6 Å². The SMILES string of the molecule is CC(O)C(N)C(=O)NC(CO)C(=O)NC(CCC(N)=O)C(=O)O. The molecule has 0 aliphatic rings. The molecule has 0 bridgehead atoms. The Morgan fingerprint density at radius 3 is 2.00 bits per heavy atom. The van der Waals surface area contributed by atoms with Crippen LogP contribution in [0, 0.1) is 0 Å². The predicted octanol–water partition coefficient (Wildman–Crippen LogP) is -3.99. The second kappa shape index (κ2) is 9.71. The Morgan fingerprint density at radius 1 is 1.09 bits per heavy atom. The van der Waals surface area contributed by atoms with E-state index in [1.807, 2.05) is 0 Å². The van der Waals surface area contributed by atoms with Gasteiger partial charge in [0.15, 0.2) is 0 Å². The van der Waals surface area contributed by atoms with Crippen molar-refractivity contribution < 1.29 is 34.5 Å². The molecule has 0 aromatic carbocycles. The number of amides is 3. The van der Waals surface area contributed by atoms with Crippen molar-refractivity contribution in [2.24, 2.45) is 11.5 Å². The molecule has 11 nitrogen and oxygen atoms in total. The van der Waals surface area contributed by atoms with Crippen molar-refractivity contribution in [2.75, 3.05) is 6.61 Å². The zero-order valence-corrected chi connectivity index (χ0v) is 12.6. The molecule has 0 aromatic rings. The molecular formula is C12H22N4O7. The van der Waals surface area contributed by atoms with Gasteiger partial charge in [0.2, 0.25) is 17.7 Å². The average molecular weight is 334 g/mol. The summed E-state index contributed by atoms with van der Waals surface area (Å²) >= 11 is 0. The average Bonchev–Trinajstić information content (AvgIpc) is 2.46. The first-order valence-electron chi connectivity index (χ1n) is 6.76. The molecule has 0 saturated heterocycles. The number of carboxylic acids is 1. The van der Waals surface area contributed by atoms with E-state index in [-0.39, 0.29) is 12.8 Å². The number of carboxylic acid groups (broad SMARTS) is 1. The fraction of sp³-hybridized carbons (Fsp3) is 0.667. The van der Waals surface area contributed by atoms with Gasteiger partial charge in [-0.3, -0.25) is 14.4 Å². The Bertz CT molecular complexity index is 455. The van der Waals surface area contributed by atoms with Gasteiger partial charge in [0, 0.05) is 6.42 Å². The summed E-state index contributed by atoms with van der Waals surface area (Å²) in [6.45, 7) is 0.453. The Kier molecular flexibility index (Phi) is 8.77. The molecule has 0 aliphatic heterocycles. The van der Waals surface area contributed by atoms with E-state index < -0.39 is 54.5 Å². The molecule has 0 fully saturated rings. The lowest BCUT2D eigenvalue weighted by Gasteiger charge is -2.22. The van der Waals surface area contributed by atoms with E-state index in [1.165, 1.54) is 6.92 Å². The number of primary amides is 1. The smallest absolute Gasteiger partial charge is 0.326 e. The van der Waals surface area contributed by atoms with E-state index >= 15 is 0 Å². The minimum Gasteiger partial charge on any atom is -0.480 e. The highest BCUT2D eigenvalue weighted by molar-refractivity contribution is 5.92. The van der Waals surface area contributed by atoms with Crippen LogP contribution in [-0.4, -0.2) is 69.8 Å². The fourth-order valence-electron chi connectivity index (χ4n) is 1.50. The van der Waals surface area contributed by atoms with E-state index in [0.717, 1.165) is 0 Å². The lowest BCUT2D eigenvalue weighted by molar-refractivity contribution is -0.142. The Morgan fingerprint density at radius 2 is 1.61 bits per heavy atom. The zero-order valence-electron chi connectivity index (χ0n) is 12.6. The first-order chi connectivity index (χ1) is 10.6. The molecule has 3 amide bonds. The summed E-state index contributed by atoms with van der Waals surface area (Å²) < 4.78 is 0. The summed E-state index contributed by atoms with van der Waals surface area (Å²) in [5.41, 5.74) is 10.3. The van der Waals surface area contributed by atoms with Crippen molar-refractivity contribution in [3.63, 3.8) is 0 Å². The van der Waals surface area contributed by atoms with Crippen LogP contribution in [0.25, 0.3) is 0 Å². The van der Waals surface area contributed by atoms with Gasteiger partial charge in [-0.1, -0.05) is 0 Å². The van der Waals surface area contributed by atoms with Crippen molar-refractivity contribution in [3.05, 3.63) is 0 Å². The van der Waals surface area contributed by atoms with Gasteiger partial charge < -0.3 is 37.4 Å². The fourth-order valence-corrected chi connectivity index (χ4v) is 1.50. The molecule has 0 aromatic heterocycles. The molecule has 23 heavy (non-hydrogen) atoms. The molecule has 0 saturated carbocycles. The summed E-state index contributed by atoms with van der Waals surface area (Å²) in [7, 11) is 0. The topological polar surface area (TPSA) is 205 Å². The highest BCUT2D eigenvalue weighted by Crippen LogP contribution is 1.99. The van der Waals surface area contributed by atoms with E-state index in [2.05, 4.69) is 10.6 Å². The standard InChI is InChI=1S/C12H22N4O7/c1-5(18)9(14)11(21)16-7(4-17)10(20)15-6(12(22)23)2-3-8(13)19/h5-7,9,17-18H,2-4,14H2,1H3,(H2,13,19)(H,15,20)(H,16,21)(H,22,23). The van der Waals surface area contributed by atoms with Crippen LogP contribution in [0.1, 0.15) is 19.8 Å². The lowest BCUT2D eigenvalue weighted by Crippen LogP contribution is -2.57. The summed E-state index contributed by atoms with van der Waals surface area (Å²) in [4.78, 5) is 45.2. The van der Waals surface area contributed by atoms with Gasteiger partial charge in [-0.15, -0.1) is 0 Å². The quantitative estimate of drug-likeness (QED) is 0.209. The molecule has 0 heterocycles. The number of rotatable bonds is 10. The Balaban J connectivity index is 4.76. The first kappa shape index (κ1) is 20.8. The molecule has 0 aliphatic carbocycles. The number of aliphatic hydroxyl groups excluding tert-OH is 2. The molecule has 0 spiro atoms. The number of hydrogen-bond donors (Lipinski definition) is 7. The van der Waals surface area contributed by atoms with Crippen LogP contribution >= 0.6 is 0 Å². The maximum atomic E-state index is 11.9. The number of aliphatic hydroxyl groups is 2. The summed E-state index contributed by atoms with van der Waals surface area (Å²) in [6, 6.07) is -4.18. The van der Waals surface area contributed by atoms with Crippen LogP contribution in [0.15, 0.2) is 0 Å². The molecule has 4 unspecified atom stereocenters. The molecule has 0 rings (SSSR count). The van der Waals surface area contributed by atoms with Crippen LogP contribution in [0.5, 0.6) is 0 Å². The van der Waals surface area contributed by atoms with Crippen molar-refractivity contribution in [3.8, 4) is 0 Å². The zero-order chi connectivity index (χ0) is 18.2. The molecular weight excluding hydrogens is 312 g/mol. The number of carbonyl (C=O) groups excluding carboxylic acids is 3. The van der Waals surface area contributed by atoms with Crippen LogP contribution in [-0.2, 0) is 19.2 Å². The van der Waals surface area contributed by atoms with Crippen LogP contribution in [0.3, 0.4) is 0 Å². The predicted molar refractivity (Wildman–Crippen MR) is 76.7 cm³/mol. The highest BCUT2D eigenvalue weighted by atomic mass is 16.4. The molecule has 0 radical (unpaired) electrons. The third-order valence-electron chi connectivity index (χ3n) is 2.93. The van der Waals surface area contributed by atoms with Gasteiger partial charge in [0.25, 0.3) is 0 Å². The summed E-state index contributed by atoms with van der Waals surface area (Å²) in [5, 5.41) is 31.4. The van der Waals surface area contributed by atoms with Gasteiger partial charge in [-0.25, -0.2) is 4.79 Å². The molecule has 9 N–H and O–H groups in total. The number of nitrogens with two attached hydrogens (primary N) is 2. The van der Waals surface area contributed by atoms with Crippen LogP contribution < -0.4 is 22.1 Å². The van der Waals surface area contributed by atoms with E-state index in [4.69, 9.17) is 21.7 Å². The van der Waals surface area contributed by atoms with Crippen molar-refractivity contribution in [2.45, 2.75) is 44.0 Å². The second-order valence-electron chi connectivity index (χ2n) is 4.91. The van der Waals surface area contributed by atoms with Crippen LogP contribution in [0.4, 0.5) is 0 Å². The summed E-state index contributed by atoms with van der Waals surface area (Å²) in [6.07, 6.45) is -1.68. The largest absolute Gasteiger partial charge is 0.480 e. The van der Waals surface area contributed by atoms with Crippen molar-refractivity contribution in [1.29, 1.82) is 0 Å². The third kappa shape index (κ3) is 7.54. The highest BCUT2D eigenvalue weighted by Gasteiger charge is 2.28. The maximum Gasteiger partial charge on any atom is 0.326 e. The summed E-state index contributed by atoms with van der Waals surface area (Å²) in [5.74, 6) is -4.00. The van der Waals surface area contributed by atoms with Crippen molar-refractivity contribution >= 4 is 23.7 Å². The molecule has 4 atom stereocenters. The minimum atomic E-state index is -1.46. The Hall–Kier alpha value is -2.24. The van der Waals surface area contributed by atoms with Gasteiger partial charge >= 0.3 is 5.97 Å². The number of hydrogen-bond acceptors (Lipinski definition) is 7. The number of nitrogens with one attached hydrogen (secondary N) is 2. The number of carbonyl (C=O) groups is 4. The van der Waals surface area contributed by atoms with E-state index in [9.17, 15) is 24.3 Å². The molecule has 11 heteroatoms. The number of aliphatic carboxylic acids is 1. The second-order valence-corrected chi connectivity index (χ2v) is 4.91. The monoisotopic (exact) mass is 334 g/mol. The van der Waals surface area contributed by atoms with Gasteiger partial charge in [0.1, 0.15) is 18.1 Å². The molecule has 132 valence electrons. The third-order valence-corrected chi connectivity index (χ3v) is 2.93. The Labute approximate surface area is 132 Å². The van der Waals surface area contributed by atoms with E-state index in [0.29, 0.717) is 0 Å². The van der Waals surface area contributed by atoms with Gasteiger partial charge in [0.05, 0.1) is 12.7 Å². The minimum absolute atomic E-state index is 0.240. The van der Waals surface area contributed by atoms with Gasteiger partial charge in [-0.2, -0.15) is 0 Å². The lowest BCUT2D eigenvalue weighted by atomic mass is 10.1. The first-order valence-corrected chi connectivity index (χ1v) is 6.76. The van der Waals surface area contributed by atoms with E-state index in [1.54, 1.807) is 0 Å². The normalized spacial score (nSPS) is 15.8.